The lowest BCUT2D eigenvalue weighted by Crippen LogP contribution is -2.40. The third-order valence-corrected chi connectivity index (χ3v) is 5.60. The summed E-state index contributed by atoms with van der Waals surface area (Å²) in [5.74, 6) is 1.10. The number of aromatic nitrogens is 2. The summed E-state index contributed by atoms with van der Waals surface area (Å²) in [5.41, 5.74) is 2.25. The first-order chi connectivity index (χ1) is 15.3. The third kappa shape index (κ3) is 4.55. The van der Waals surface area contributed by atoms with E-state index in [9.17, 15) is 9.59 Å². The Morgan fingerprint density at radius 2 is 1.72 bits per heavy atom. The molecule has 0 aliphatic heterocycles. The Balaban J connectivity index is 1.79. The van der Waals surface area contributed by atoms with Crippen molar-refractivity contribution in [2.45, 2.75) is 32.9 Å². The number of carbonyl (C=O) groups is 1. The molecule has 0 aliphatic rings. The predicted octanol–water partition coefficient (Wildman–Crippen LogP) is 3.18. The Morgan fingerprint density at radius 1 is 1.03 bits per heavy atom. The van der Waals surface area contributed by atoms with E-state index in [0.29, 0.717) is 17.2 Å². The van der Waals surface area contributed by atoms with E-state index in [2.05, 4.69) is 10.6 Å². The van der Waals surface area contributed by atoms with Crippen molar-refractivity contribution >= 4 is 11.6 Å². The van der Waals surface area contributed by atoms with Gasteiger partial charge in [-0.2, -0.15) is 0 Å². The Labute approximate surface area is 187 Å². The monoisotopic (exact) mass is 438 g/mol. The molecule has 8 heteroatoms. The third-order valence-electron chi connectivity index (χ3n) is 5.60. The number of methoxy groups -OCH3 is 2. The number of rotatable bonds is 8. The maximum atomic E-state index is 13.0. The van der Waals surface area contributed by atoms with E-state index in [-0.39, 0.29) is 23.2 Å². The molecule has 32 heavy (non-hydrogen) atoms. The number of hydrogen-bond donors (Lipinski definition) is 2. The van der Waals surface area contributed by atoms with Gasteiger partial charge in [0.2, 0.25) is 5.91 Å². The minimum absolute atomic E-state index is 0.196. The van der Waals surface area contributed by atoms with Crippen LogP contribution in [-0.4, -0.2) is 35.5 Å². The standard InChI is InChI=1S/C24H30N4O4/c1-15(20-14-19(31-5)12-13-21(20)32-6)25-16(2)23(29)26-22-17(3)27(4)28(24(22)30)18-10-8-7-9-11-18/h7-16,25H,1-6H3,(H,26,29). The van der Waals surface area contributed by atoms with Gasteiger partial charge in [-0.1, -0.05) is 18.2 Å². The lowest BCUT2D eigenvalue weighted by molar-refractivity contribution is -0.118. The quantitative estimate of drug-likeness (QED) is 0.564. The summed E-state index contributed by atoms with van der Waals surface area (Å²) in [5, 5.41) is 6.08. The molecular weight excluding hydrogens is 408 g/mol. The Morgan fingerprint density at radius 3 is 2.34 bits per heavy atom. The van der Waals surface area contributed by atoms with E-state index in [4.69, 9.17) is 9.47 Å². The van der Waals surface area contributed by atoms with Crippen LogP contribution in [0.4, 0.5) is 5.69 Å². The fourth-order valence-electron chi connectivity index (χ4n) is 3.66. The molecule has 0 saturated heterocycles. The molecule has 1 heterocycles. The Kier molecular flexibility index (Phi) is 7.05. The lowest BCUT2D eigenvalue weighted by atomic mass is 10.1. The minimum atomic E-state index is -0.565. The number of nitrogens with zero attached hydrogens (tertiary/aromatic N) is 2. The van der Waals surface area contributed by atoms with Crippen LogP contribution in [0.15, 0.2) is 53.3 Å². The van der Waals surface area contributed by atoms with Crippen LogP contribution >= 0.6 is 0 Å². The summed E-state index contributed by atoms with van der Waals surface area (Å²) in [6.07, 6.45) is 0. The highest BCUT2D eigenvalue weighted by atomic mass is 16.5. The molecule has 0 bridgehead atoms. The summed E-state index contributed by atoms with van der Waals surface area (Å²) in [6, 6.07) is 14.1. The summed E-state index contributed by atoms with van der Waals surface area (Å²) in [7, 11) is 4.99. The molecule has 0 aliphatic carbocycles. The summed E-state index contributed by atoms with van der Waals surface area (Å²) in [4.78, 5) is 26.0. The Bertz CT molecular complexity index is 1150. The van der Waals surface area contributed by atoms with Crippen molar-refractivity contribution in [2.75, 3.05) is 19.5 Å². The van der Waals surface area contributed by atoms with Gasteiger partial charge in [-0.3, -0.25) is 19.6 Å². The van der Waals surface area contributed by atoms with Gasteiger partial charge in [0, 0.05) is 18.7 Å². The number of para-hydroxylation sites is 1. The molecule has 3 aromatic rings. The Hall–Kier alpha value is -3.52. The normalized spacial score (nSPS) is 12.8. The first-order valence-corrected chi connectivity index (χ1v) is 10.4. The van der Waals surface area contributed by atoms with E-state index in [0.717, 1.165) is 11.3 Å². The number of anilines is 1. The van der Waals surface area contributed by atoms with Gasteiger partial charge < -0.3 is 14.8 Å². The van der Waals surface area contributed by atoms with Gasteiger partial charge in [0.1, 0.15) is 17.2 Å². The first kappa shape index (κ1) is 23.1. The van der Waals surface area contributed by atoms with Crippen LogP contribution in [0.1, 0.15) is 31.1 Å². The van der Waals surface area contributed by atoms with Crippen molar-refractivity contribution in [1.29, 1.82) is 0 Å². The van der Waals surface area contributed by atoms with Crippen molar-refractivity contribution in [3.8, 4) is 17.2 Å². The first-order valence-electron chi connectivity index (χ1n) is 10.4. The molecule has 0 fully saturated rings. The number of amides is 1. The average molecular weight is 439 g/mol. The summed E-state index contributed by atoms with van der Waals surface area (Å²) < 4.78 is 14.0. The van der Waals surface area contributed by atoms with Gasteiger partial charge >= 0.3 is 0 Å². The zero-order valence-electron chi connectivity index (χ0n) is 19.3. The number of nitrogens with one attached hydrogen (secondary N) is 2. The summed E-state index contributed by atoms with van der Waals surface area (Å²) in [6.45, 7) is 5.50. The highest BCUT2D eigenvalue weighted by Gasteiger charge is 2.23. The molecule has 170 valence electrons. The molecule has 3 rings (SSSR count). The molecule has 2 N–H and O–H groups in total. The molecule has 2 aromatic carbocycles. The molecule has 8 nitrogen and oxygen atoms in total. The van der Waals surface area contributed by atoms with Crippen LogP contribution in [0.2, 0.25) is 0 Å². The topological polar surface area (TPSA) is 86.5 Å². The van der Waals surface area contributed by atoms with Crippen LogP contribution in [0.3, 0.4) is 0 Å². The zero-order chi connectivity index (χ0) is 23.4. The van der Waals surface area contributed by atoms with E-state index >= 15 is 0 Å². The van der Waals surface area contributed by atoms with E-state index in [1.807, 2.05) is 55.5 Å². The van der Waals surface area contributed by atoms with Crippen molar-refractivity contribution in [1.82, 2.24) is 14.7 Å². The molecule has 1 aromatic heterocycles. The van der Waals surface area contributed by atoms with Crippen LogP contribution in [0.5, 0.6) is 11.5 Å². The van der Waals surface area contributed by atoms with Gasteiger partial charge in [0.25, 0.3) is 5.56 Å². The molecule has 1 amide bonds. The highest BCUT2D eigenvalue weighted by molar-refractivity contribution is 5.95. The molecule has 0 radical (unpaired) electrons. The SMILES string of the molecule is COc1ccc(OC)c(C(C)NC(C)C(=O)Nc2c(C)n(C)n(-c3ccccc3)c2=O)c1. The largest absolute Gasteiger partial charge is 0.497 e. The van der Waals surface area contributed by atoms with E-state index in [1.165, 1.54) is 4.68 Å². The second kappa shape index (κ2) is 9.74. The zero-order valence-corrected chi connectivity index (χ0v) is 19.3. The van der Waals surface area contributed by atoms with Crippen LogP contribution in [0.25, 0.3) is 5.69 Å². The maximum Gasteiger partial charge on any atom is 0.295 e. The second-order valence-corrected chi connectivity index (χ2v) is 7.64. The van der Waals surface area contributed by atoms with Crippen molar-refractivity contribution in [3.05, 3.63) is 70.1 Å². The van der Waals surface area contributed by atoms with Gasteiger partial charge in [-0.05, 0) is 51.1 Å². The van der Waals surface area contributed by atoms with Crippen LogP contribution < -0.4 is 25.7 Å². The fraction of sp³-hybridized carbons (Fsp3) is 0.333. The van der Waals surface area contributed by atoms with Gasteiger partial charge in [-0.25, -0.2) is 4.68 Å². The average Bonchev–Trinajstić information content (AvgIpc) is 3.01. The smallest absolute Gasteiger partial charge is 0.295 e. The summed E-state index contributed by atoms with van der Waals surface area (Å²) >= 11 is 0. The van der Waals surface area contributed by atoms with Crippen LogP contribution in [-0.2, 0) is 11.8 Å². The van der Waals surface area contributed by atoms with Crippen molar-refractivity contribution < 1.29 is 14.3 Å². The molecular formula is C24H30N4O4. The number of carbonyl (C=O) groups excluding carboxylic acids is 1. The molecule has 2 unspecified atom stereocenters. The van der Waals surface area contributed by atoms with E-state index < -0.39 is 6.04 Å². The second-order valence-electron chi connectivity index (χ2n) is 7.64. The van der Waals surface area contributed by atoms with Crippen molar-refractivity contribution in [2.24, 2.45) is 7.05 Å². The number of benzene rings is 2. The van der Waals surface area contributed by atoms with Crippen molar-refractivity contribution in [3.63, 3.8) is 0 Å². The lowest BCUT2D eigenvalue weighted by Gasteiger charge is -2.22. The predicted molar refractivity (Wildman–Crippen MR) is 125 cm³/mol. The van der Waals surface area contributed by atoms with Gasteiger partial charge in [0.15, 0.2) is 0 Å². The molecule has 2 atom stereocenters. The highest BCUT2D eigenvalue weighted by Crippen LogP contribution is 2.29. The van der Waals surface area contributed by atoms with Gasteiger partial charge in [-0.15, -0.1) is 0 Å². The van der Waals surface area contributed by atoms with Crippen LogP contribution in [0, 0.1) is 6.92 Å². The molecule has 0 spiro atoms. The number of hydrogen-bond acceptors (Lipinski definition) is 5. The van der Waals surface area contributed by atoms with Gasteiger partial charge in [0.05, 0.1) is 31.6 Å². The fourth-order valence-corrected chi connectivity index (χ4v) is 3.66. The maximum absolute atomic E-state index is 13.0. The number of ether oxygens (including phenoxy) is 2. The molecule has 0 saturated carbocycles. The van der Waals surface area contributed by atoms with E-state index in [1.54, 1.807) is 39.8 Å². The minimum Gasteiger partial charge on any atom is -0.497 e.